The summed E-state index contributed by atoms with van der Waals surface area (Å²) in [4.78, 5) is 17.2. The third-order valence-electron chi connectivity index (χ3n) is 4.82. The van der Waals surface area contributed by atoms with Crippen LogP contribution in [0.2, 0.25) is 0 Å². The number of nitrogens with one attached hydrogen (secondary N) is 1. The molecule has 6 heteroatoms. The van der Waals surface area contributed by atoms with Gasteiger partial charge in [-0.05, 0) is 38.0 Å². The van der Waals surface area contributed by atoms with Gasteiger partial charge in [0.2, 0.25) is 0 Å². The number of amides is 1. The van der Waals surface area contributed by atoms with Crippen molar-refractivity contribution in [1.82, 2.24) is 15.5 Å². The number of pyridine rings is 1. The van der Waals surface area contributed by atoms with Crippen LogP contribution in [0.15, 0.2) is 58.2 Å². The molecule has 5 nitrogen and oxygen atoms in total. The van der Waals surface area contributed by atoms with Crippen molar-refractivity contribution in [3.05, 3.63) is 76.8 Å². The van der Waals surface area contributed by atoms with Gasteiger partial charge in [0.05, 0.1) is 11.3 Å². The monoisotopic (exact) mass is 395 g/mol. The zero-order valence-corrected chi connectivity index (χ0v) is 17.3. The van der Waals surface area contributed by atoms with Crippen molar-refractivity contribution in [3.8, 4) is 0 Å². The van der Waals surface area contributed by atoms with Crippen LogP contribution in [0.3, 0.4) is 0 Å². The van der Waals surface area contributed by atoms with Crippen molar-refractivity contribution in [2.75, 3.05) is 6.54 Å². The summed E-state index contributed by atoms with van der Waals surface area (Å²) in [5.74, 6) is 1.67. The highest BCUT2D eigenvalue weighted by Gasteiger charge is 2.17. The molecule has 2 aromatic heterocycles. The van der Waals surface area contributed by atoms with Crippen LogP contribution in [0.25, 0.3) is 0 Å². The van der Waals surface area contributed by atoms with Gasteiger partial charge in [-0.3, -0.25) is 4.79 Å². The Labute approximate surface area is 169 Å². The molecule has 2 heterocycles. The van der Waals surface area contributed by atoms with E-state index in [9.17, 15) is 4.79 Å². The number of carbonyl (C=O) groups excluding carboxylic acids is 1. The smallest absolute Gasteiger partial charge is 0.254 e. The van der Waals surface area contributed by atoms with E-state index < -0.39 is 0 Å². The maximum atomic E-state index is 12.8. The number of thioether (sulfide) groups is 1. The fourth-order valence-electron chi connectivity index (χ4n) is 3.06. The van der Waals surface area contributed by atoms with Crippen LogP contribution in [-0.4, -0.2) is 22.6 Å². The lowest BCUT2D eigenvalue weighted by Gasteiger charge is -2.17. The largest absolute Gasteiger partial charge is 0.361 e. The summed E-state index contributed by atoms with van der Waals surface area (Å²) >= 11 is 1.53. The molecule has 146 valence electrons. The summed E-state index contributed by atoms with van der Waals surface area (Å²) in [5, 5.41) is 7.78. The highest BCUT2D eigenvalue weighted by molar-refractivity contribution is 7.98. The van der Waals surface area contributed by atoms with E-state index in [1.54, 1.807) is 12.3 Å². The molecular formula is C22H25N3O2S. The van der Waals surface area contributed by atoms with Crippen LogP contribution in [0, 0.1) is 13.8 Å². The van der Waals surface area contributed by atoms with Gasteiger partial charge < -0.3 is 9.84 Å². The molecule has 0 bridgehead atoms. The Bertz CT molecular complexity index is 905. The lowest BCUT2D eigenvalue weighted by atomic mass is 9.96. The van der Waals surface area contributed by atoms with Gasteiger partial charge in [0, 0.05) is 30.0 Å². The first-order valence-electron chi connectivity index (χ1n) is 9.42. The highest BCUT2D eigenvalue weighted by Crippen LogP contribution is 2.27. The van der Waals surface area contributed by atoms with Gasteiger partial charge in [-0.25, -0.2) is 4.98 Å². The van der Waals surface area contributed by atoms with E-state index in [0.29, 0.717) is 28.8 Å². The second-order valence-corrected chi connectivity index (χ2v) is 7.64. The molecular weight excluding hydrogens is 370 g/mol. The number of aromatic nitrogens is 2. The normalized spacial score (nSPS) is 12.0. The molecule has 3 aromatic rings. The molecule has 28 heavy (non-hydrogen) atoms. The minimum Gasteiger partial charge on any atom is -0.361 e. The van der Waals surface area contributed by atoms with Crippen LogP contribution in [0.5, 0.6) is 0 Å². The molecule has 0 saturated carbocycles. The molecule has 0 spiro atoms. The Morgan fingerprint density at radius 3 is 2.64 bits per heavy atom. The molecule has 0 aliphatic carbocycles. The van der Waals surface area contributed by atoms with Crippen LogP contribution in [0.4, 0.5) is 0 Å². The minimum absolute atomic E-state index is 0.0938. The third-order valence-corrected chi connectivity index (χ3v) is 5.85. The number of carbonyl (C=O) groups is 1. The topological polar surface area (TPSA) is 68.0 Å². The number of hydrogen-bond acceptors (Lipinski definition) is 5. The maximum Gasteiger partial charge on any atom is 0.254 e. The minimum atomic E-state index is -0.0938. The lowest BCUT2D eigenvalue weighted by molar-refractivity contribution is 0.0947. The van der Waals surface area contributed by atoms with Crippen LogP contribution in [0.1, 0.15) is 52.2 Å². The molecule has 1 N–H and O–H groups in total. The molecule has 0 aliphatic rings. The third kappa shape index (κ3) is 4.81. The Kier molecular flexibility index (Phi) is 6.87. The molecule has 0 fully saturated rings. The Hall–Kier alpha value is -2.60. The number of aryl methyl sites for hydroxylation is 2. The SMILES string of the molecule is CCC(CNC(=O)c1cccnc1SCc1c(C)noc1C)c1ccccc1. The van der Waals surface area contributed by atoms with Gasteiger partial charge in [-0.1, -0.05) is 42.4 Å². The van der Waals surface area contributed by atoms with E-state index in [-0.39, 0.29) is 5.91 Å². The van der Waals surface area contributed by atoms with Gasteiger partial charge in [-0.2, -0.15) is 0 Å². The Balaban J connectivity index is 1.67. The predicted octanol–water partition coefficient (Wildman–Crippen LogP) is 4.90. The maximum absolute atomic E-state index is 12.8. The zero-order valence-electron chi connectivity index (χ0n) is 16.4. The molecule has 1 atom stereocenters. The summed E-state index contributed by atoms with van der Waals surface area (Å²) < 4.78 is 5.22. The quantitative estimate of drug-likeness (QED) is 0.549. The Morgan fingerprint density at radius 2 is 1.96 bits per heavy atom. The van der Waals surface area contributed by atoms with Crippen molar-refractivity contribution in [1.29, 1.82) is 0 Å². The molecule has 1 aromatic carbocycles. The zero-order chi connectivity index (χ0) is 19.9. The molecule has 1 unspecified atom stereocenters. The first kappa shape index (κ1) is 20.1. The highest BCUT2D eigenvalue weighted by atomic mass is 32.2. The average Bonchev–Trinajstić information content (AvgIpc) is 3.05. The Morgan fingerprint density at radius 1 is 1.18 bits per heavy atom. The van der Waals surface area contributed by atoms with Gasteiger partial charge in [0.25, 0.3) is 5.91 Å². The van der Waals surface area contributed by atoms with Crippen molar-refractivity contribution in [2.45, 2.75) is 43.9 Å². The second-order valence-electron chi connectivity index (χ2n) is 6.67. The lowest BCUT2D eigenvalue weighted by Crippen LogP contribution is -2.28. The van der Waals surface area contributed by atoms with Crippen molar-refractivity contribution in [3.63, 3.8) is 0 Å². The van der Waals surface area contributed by atoms with Gasteiger partial charge >= 0.3 is 0 Å². The summed E-state index contributed by atoms with van der Waals surface area (Å²) in [7, 11) is 0. The van der Waals surface area contributed by atoms with E-state index >= 15 is 0 Å². The summed E-state index contributed by atoms with van der Waals surface area (Å²) in [5.41, 5.74) is 3.77. The summed E-state index contributed by atoms with van der Waals surface area (Å²) in [6, 6.07) is 13.9. The van der Waals surface area contributed by atoms with Crippen molar-refractivity contribution < 1.29 is 9.32 Å². The number of rotatable bonds is 8. The predicted molar refractivity (Wildman–Crippen MR) is 112 cm³/mol. The fraction of sp³-hybridized carbons (Fsp3) is 0.318. The van der Waals surface area contributed by atoms with Crippen molar-refractivity contribution in [2.24, 2.45) is 0 Å². The van der Waals surface area contributed by atoms with Crippen LogP contribution >= 0.6 is 11.8 Å². The van der Waals surface area contributed by atoms with Crippen molar-refractivity contribution >= 4 is 17.7 Å². The number of benzene rings is 1. The second kappa shape index (κ2) is 9.55. The molecule has 1 amide bonds. The molecule has 3 rings (SSSR count). The first-order chi connectivity index (χ1) is 13.6. The molecule has 0 aliphatic heterocycles. The first-order valence-corrected chi connectivity index (χ1v) is 10.4. The van der Waals surface area contributed by atoms with E-state index in [1.807, 2.05) is 38.1 Å². The molecule has 0 saturated heterocycles. The molecule has 0 radical (unpaired) electrons. The van der Waals surface area contributed by atoms with E-state index in [4.69, 9.17) is 4.52 Å². The van der Waals surface area contributed by atoms with E-state index in [1.165, 1.54) is 17.3 Å². The summed E-state index contributed by atoms with van der Waals surface area (Å²) in [6.07, 6.45) is 2.68. The van der Waals surface area contributed by atoms with E-state index in [0.717, 1.165) is 23.4 Å². The van der Waals surface area contributed by atoms with E-state index in [2.05, 4.69) is 34.5 Å². The van der Waals surface area contributed by atoms with Gasteiger partial charge in [0.15, 0.2) is 0 Å². The van der Waals surface area contributed by atoms with Crippen LogP contribution < -0.4 is 5.32 Å². The van der Waals surface area contributed by atoms with Gasteiger partial charge in [-0.15, -0.1) is 11.8 Å². The number of nitrogens with zero attached hydrogens (tertiary/aromatic N) is 2. The summed E-state index contributed by atoms with van der Waals surface area (Å²) in [6.45, 7) is 6.56. The fourth-order valence-corrected chi connectivity index (χ4v) is 4.21. The van der Waals surface area contributed by atoms with Crippen LogP contribution in [-0.2, 0) is 5.75 Å². The standard InChI is InChI=1S/C22H25N3O2S/c1-4-17(18-9-6-5-7-10-18)13-24-21(26)19-11-8-12-23-22(19)28-14-20-15(2)25-27-16(20)3/h5-12,17H,4,13-14H2,1-3H3,(H,24,26). The average molecular weight is 396 g/mol. The number of hydrogen-bond donors (Lipinski definition) is 1. The van der Waals surface area contributed by atoms with Gasteiger partial charge in [0.1, 0.15) is 10.8 Å².